The number of nitrogens with zero attached hydrogens (tertiary/aromatic N) is 2. The largest absolute Gasteiger partial charge is 0.367 e. The lowest BCUT2D eigenvalue weighted by Crippen LogP contribution is -2.36. The topological polar surface area (TPSA) is 82.7 Å². The maximum Gasteiger partial charge on any atom is 0.217 e. The summed E-state index contributed by atoms with van der Waals surface area (Å²) in [5.74, 6) is 1.41. The van der Waals surface area contributed by atoms with Gasteiger partial charge in [0, 0.05) is 30.8 Å². The van der Waals surface area contributed by atoms with Crippen LogP contribution >= 0.6 is 0 Å². The maximum atomic E-state index is 11.2. The number of aryl methyl sites for hydroxylation is 2. The van der Waals surface area contributed by atoms with Crippen LogP contribution in [0.1, 0.15) is 25.1 Å². The molecular weight excluding hydrogens is 314 g/mol. The molecule has 0 aliphatic rings. The minimum Gasteiger partial charge on any atom is -0.367 e. The third kappa shape index (κ3) is 3.63. The summed E-state index contributed by atoms with van der Waals surface area (Å²) in [5, 5.41) is 7.24. The fourth-order valence-electron chi connectivity index (χ4n) is 2.86. The van der Waals surface area contributed by atoms with E-state index >= 15 is 0 Å². The molecule has 6 heteroatoms. The minimum absolute atomic E-state index is 0.00281. The lowest BCUT2D eigenvalue weighted by molar-refractivity contribution is -0.119. The van der Waals surface area contributed by atoms with Crippen molar-refractivity contribution in [1.82, 2.24) is 20.3 Å². The van der Waals surface area contributed by atoms with Gasteiger partial charge in [0.05, 0.1) is 5.39 Å². The molecule has 0 bridgehead atoms. The molecule has 0 saturated heterocycles. The molecule has 6 nitrogen and oxygen atoms in total. The number of carbonyl (C=O) groups excluding carboxylic acids is 1. The van der Waals surface area contributed by atoms with Gasteiger partial charge >= 0.3 is 0 Å². The fraction of sp³-hybridized carbons (Fsp3) is 0.316. The van der Waals surface area contributed by atoms with Gasteiger partial charge in [-0.2, -0.15) is 0 Å². The van der Waals surface area contributed by atoms with Gasteiger partial charge in [0.1, 0.15) is 11.5 Å². The minimum atomic E-state index is -0.0409. The number of fused-ring (bicyclic) bond motifs is 1. The predicted octanol–water partition coefficient (Wildman–Crippen LogP) is 3.18. The molecule has 3 aromatic rings. The first-order valence-electron chi connectivity index (χ1n) is 8.39. The molecule has 0 saturated carbocycles. The van der Waals surface area contributed by atoms with Gasteiger partial charge in [-0.3, -0.25) is 4.79 Å². The number of anilines is 1. The highest BCUT2D eigenvalue weighted by Gasteiger charge is 2.15. The van der Waals surface area contributed by atoms with Crippen LogP contribution in [-0.4, -0.2) is 33.4 Å². The first-order chi connectivity index (χ1) is 12.0. The highest BCUT2D eigenvalue weighted by atomic mass is 16.1. The van der Waals surface area contributed by atoms with Crippen molar-refractivity contribution in [2.45, 2.75) is 33.7 Å². The molecule has 25 heavy (non-hydrogen) atoms. The van der Waals surface area contributed by atoms with E-state index in [2.05, 4.69) is 27.5 Å². The van der Waals surface area contributed by atoms with Crippen molar-refractivity contribution in [2.24, 2.45) is 0 Å². The predicted molar refractivity (Wildman–Crippen MR) is 101 cm³/mol. The van der Waals surface area contributed by atoms with Crippen LogP contribution in [0.4, 0.5) is 5.82 Å². The lowest BCUT2D eigenvalue weighted by Gasteiger charge is -2.15. The number of aromatic amines is 1. The third-order valence-corrected chi connectivity index (χ3v) is 4.21. The SMILES string of the molecule is CC(=O)N[C@@H](C)CNc1nc(-c2ccccc2)nc2[nH]c(C)c(C)c12. The van der Waals surface area contributed by atoms with Crippen LogP contribution in [0.25, 0.3) is 22.4 Å². The first kappa shape index (κ1) is 17.0. The second-order valence-corrected chi connectivity index (χ2v) is 6.34. The van der Waals surface area contributed by atoms with Gasteiger partial charge in [-0.25, -0.2) is 9.97 Å². The van der Waals surface area contributed by atoms with Crippen molar-refractivity contribution in [1.29, 1.82) is 0 Å². The van der Waals surface area contributed by atoms with Gasteiger partial charge in [0.2, 0.25) is 5.91 Å². The number of hydrogen-bond donors (Lipinski definition) is 3. The van der Waals surface area contributed by atoms with Crippen LogP contribution in [-0.2, 0) is 4.79 Å². The summed E-state index contributed by atoms with van der Waals surface area (Å²) in [6.07, 6.45) is 0. The van der Waals surface area contributed by atoms with E-state index in [-0.39, 0.29) is 11.9 Å². The van der Waals surface area contributed by atoms with E-state index < -0.39 is 0 Å². The molecule has 1 atom stereocenters. The zero-order valence-electron chi connectivity index (χ0n) is 15.0. The smallest absolute Gasteiger partial charge is 0.217 e. The van der Waals surface area contributed by atoms with Gasteiger partial charge < -0.3 is 15.6 Å². The average Bonchev–Trinajstić information content (AvgIpc) is 2.87. The monoisotopic (exact) mass is 337 g/mol. The molecule has 1 aromatic carbocycles. The van der Waals surface area contributed by atoms with Crippen LogP contribution in [0.3, 0.4) is 0 Å². The Balaban J connectivity index is 2.00. The molecule has 3 rings (SSSR count). The van der Waals surface area contributed by atoms with E-state index in [0.29, 0.717) is 12.4 Å². The van der Waals surface area contributed by atoms with Gasteiger partial charge in [0.15, 0.2) is 5.82 Å². The normalized spacial score (nSPS) is 12.2. The van der Waals surface area contributed by atoms with Crippen LogP contribution in [0.5, 0.6) is 0 Å². The van der Waals surface area contributed by atoms with Crippen molar-refractivity contribution >= 4 is 22.8 Å². The number of nitrogens with one attached hydrogen (secondary N) is 3. The molecule has 3 N–H and O–H groups in total. The first-order valence-corrected chi connectivity index (χ1v) is 8.39. The molecule has 2 heterocycles. The van der Waals surface area contributed by atoms with E-state index in [1.807, 2.05) is 44.2 Å². The molecular formula is C19H23N5O. The number of amides is 1. The van der Waals surface area contributed by atoms with Crippen molar-refractivity contribution in [3.05, 3.63) is 41.6 Å². The number of H-pyrrole nitrogens is 1. The van der Waals surface area contributed by atoms with Crippen LogP contribution in [0, 0.1) is 13.8 Å². The zero-order chi connectivity index (χ0) is 18.0. The molecule has 0 fully saturated rings. The molecule has 0 aliphatic heterocycles. The summed E-state index contributed by atoms with van der Waals surface area (Å²) in [4.78, 5) is 24.0. The Morgan fingerprint density at radius 3 is 2.60 bits per heavy atom. The van der Waals surface area contributed by atoms with Crippen LogP contribution in [0.15, 0.2) is 30.3 Å². The Kier molecular flexibility index (Phi) is 4.70. The summed E-state index contributed by atoms with van der Waals surface area (Å²) in [6.45, 7) is 8.15. The standard InChI is InChI=1S/C19H23N5O/c1-11(21-14(4)25)10-20-18-16-12(2)13(3)22-19(16)24-17(23-18)15-8-6-5-7-9-15/h5-9,11H,10H2,1-4H3,(H,21,25)(H2,20,22,23,24)/t11-/m0/s1. The van der Waals surface area contributed by atoms with E-state index in [9.17, 15) is 4.79 Å². The van der Waals surface area contributed by atoms with Crippen LogP contribution in [0.2, 0.25) is 0 Å². The number of aromatic nitrogens is 3. The van der Waals surface area contributed by atoms with Gasteiger partial charge in [-0.05, 0) is 26.3 Å². The zero-order valence-corrected chi connectivity index (χ0v) is 15.0. The van der Waals surface area contributed by atoms with Crippen molar-refractivity contribution in [2.75, 3.05) is 11.9 Å². The Morgan fingerprint density at radius 1 is 1.20 bits per heavy atom. The number of carbonyl (C=O) groups is 1. The van der Waals surface area contributed by atoms with Crippen molar-refractivity contribution in [3.8, 4) is 11.4 Å². The highest BCUT2D eigenvalue weighted by Crippen LogP contribution is 2.29. The number of hydrogen-bond acceptors (Lipinski definition) is 4. The van der Waals surface area contributed by atoms with Gasteiger partial charge in [-0.1, -0.05) is 30.3 Å². The van der Waals surface area contributed by atoms with Crippen molar-refractivity contribution < 1.29 is 4.79 Å². The summed E-state index contributed by atoms with van der Waals surface area (Å²) in [5.41, 5.74) is 3.99. The second kappa shape index (κ2) is 6.93. The molecule has 0 radical (unpaired) electrons. The number of rotatable bonds is 5. The van der Waals surface area contributed by atoms with Gasteiger partial charge in [0.25, 0.3) is 0 Å². The fourth-order valence-corrected chi connectivity index (χ4v) is 2.86. The van der Waals surface area contributed by atoms with Crippen LogP contribution < -0.4 is 10.6 Å². The Bertz CT molecular complexity index is 901. The Hall–Kier alpha value is -2.89. The summed E-state index contributed by atoms with van der Waals surface area (Å²) >= 11 is 0. The van der Waals surface area contributed by atoms with Gasteiger partial charge in [-0.15, -0.1) is 0 Å². The molecule has 0 spiro atoms. The lowest BCUT2D eigenvalue weighted by atomic mass is 10.2. The molecule has 130 valence electrons. The van der Waals surface area contributed by atoms with E-state index in [0.717, 1.165) is 33.7 Å². The van der Waals surface area contributed by atoms with E-state index in [4.69, 9.17) is 4.98 Å². The maximum absolute atomic E-state index is 11.2. The molecule has 1 amide bonds. The van der Waals surface area contributed by atoms with E-state index in [1.54, 1.807) is 0 Å². The van der Waals surface area contributed by atoms with E-state index in [1.165, 1.54) is 6.92 Å². The average molecular weight is 337 g/mol. The summed E-state index contributed by atoms with van der Waals surface area (Å²) < 4.78 is 0. The quantitative estimate of drug-likeness (QED) is 0.668. The molecule has 2 aromatic heterocycles. The summed E-state index contributed by atoms with van der Waals surface area (Å²) in [7, 11) is 0. The Morgan fingerprint density at radius 2 is 1.92 bits per heavy atom. The highest BCUT2D eigenvalue weighted by molar-refractivity contribution is 5.92. The number of benzene rings is 1. The Labute approximate surface area is 147 Å². The summed E-state index contributed by atoms with van der Waals surface area (Å²) in [6, 6.07) is 9.91. The van der Waals surface area contributed by atoms with Crippen molar-refractivity contribution in [3.63, 3.8) is 0 Å². The molecule has 0 unspecified atom stereocenters. The second-order valence-electron chi connectivity index (χ2n) is 6.34. The third-order valence-electron chi connectivity index (χ3n) is 4.21. The molecule has 0 aliphatic carbocycles.